The molecule has 1 fully saturated rings. The van der Waals surface area contributed by atoms with Gasteiger partial charge < -0.3 is 10.4 Å². The summed E-state index contributed by atoms with van der Waals surface area (Å²) >= 11 is 3.52. The minimum atomic E-state index is 0.187. The second-order valence-corrected chi connectivity index (χ2v) is 6.42. The Balaban J connectivity index is 1.76. The van der Waals surface area contributed by atoms with E-state index in [2.05, 4.69) is 46.4 Å². The summed E-state index contributed by atoms with van der Waals surface area (Å²) in [7, 11) is 0. The van der Waals surface area contributed by atoms with Crippen molar-refractivity contribution in [3.05, 3.63) is 33.8 Å². The predicted molar refractivity (Wildman–Crippen MR) is 78.8 cm³/mol. The predicted octanol–water partition coefficient (Wildman–Crippen LogP) is 3.05. The zero-order valence-electron chi connectivity index (χ0n) is 11.0. The van der Waals surface area contributed by atoms with Gasteiger partial charge in [0.25, 0.3) is 0 Å². The van der Waals surface area contributed by atoms with Crippen LogP contribution in [-0.2, 0) is 6.42 Å². The molecule has 0 amide bonds. The molecule has 0 aliphatic heterocycles. The van der Waals surface area contributed by atoms with E-state index in [1.807, 2.05) is 0 Å². The number of aliphatic hydroxyl groups excluding tert-OH is 1. The number of aryl methyl sites for hydroxylation is 1. The standard InChI is InChI=1S/C15H22BrNO/c1-12-3-4-14(16)9-13(12)5-8-17-10-15(11-18)6-2-7-15/h3-4,9,17-18H,2,5-8,10-11H2,1H3. The number of rotatable bonds is 6. The summed E-state index contributed by atoms with van der Waals surface area (Å²) in [5.41, 5.74) is 2.93. The van der Waals surface area contributed by atoms with Gasteiger partial charge in [-0.2, -0.15) is 0 Å². The molecule has 100 valence electrons. The van der Waals surface area contributed by atoms with Gasteiger partial charge in [0, 0.05) is 23.0 Å². The normalized spacial score (nSPS) is 17.5. The highest BCUT2D eigenvalue weighted by molar-refractivity contribution is 9.10. The number of halogens is 1. The average Bonchev–Trinajstić information content (AvgIpc) is 2.31. The molecule has 2 rings (SSSR count). The van der Waals surface area contributed by atoms with Gasteiger partial charge in [-0.25, -0.2) is 0 Å². The van der Waals surface area contributed by atoms with Crippen LogP contribution in [0.2, 0.25) is 0 Å². The number of nitrogens with one attached hydrogen (secondary N) is 1. The lowest BCUT2D eigenvalue weighted by Gasteiger charge is -2.40. The number of aliphatic hydroxyl groups is 1. The molecule has 1 saturated carbocycles. The fourth-order valence-corrected chi connectivity index (χ4v) is 2.96. The van der Waals surface area contributed by atoms with Crippen LogP contribution in [0.5, 0.6) is 0 Å². The first-order chi connectivity index (χ1) is 8.65. The third-order valence-electron chi connectivity index (χ3n) is 4.13. The lowest BCUT2D eigenvalue weighted by Crippen LogP contribution is -2.43. The van der Waals surface area contributed by atoms with Gasteiger partial charge in [0.2, 0.25) is 0 Å². The van der Waals surface area contributed by atoms with Crippen molar-refractivity contribution in [3.63, 3.8) is 0 Å². The maximum Gasteiger partial charge on any atom is 0.0499 e. The second-order valence-electron chi connectivity index (χ2n) is 5.51. The van der Waals surface area contributed by atoms with E-state index in [1.165, 1.54) is 30.4 Å². The Labute approximate surface area is 118 Å². The van der Waals surface area contributed by atoms with E-state index in [4.69, 9.17) is 0 Å². The number of hydrogen-bond donors (Lipinski definition) is 2. The van der Waals surface area contributed by atoms with Crippen molar-refractivity contribution < 1.29 is 5.11 Å². The van der Waals surface area contributed by atoms with Crippen molar-refractivity contribution in [3.8, 4) is 0 Å². The van der Waals surface area contributed by atoms with Gasteiger partial charge in [-0.15, -0.1) is 0 Å². The molecule has 0 aromatic heterocycles. The van der Waals surface area contributed by atoms with Crippen LogP contribution < -0.4 is 5.32 Å². The minimum Gasteiger partial charge on any atom is -0.396 e. The monoisotopic (exact) mass is 311 g/mol. The zero-order chi connectivity index (χ0) is 13.0. The fraction of sp³-hybridized carbons (Fsp3) is 0.600. The van der Waals surface area contributed by atoms with Crippen LogP contribution in [0.3, 0.4) is 0 Å². The first kappa shape index (κ1) is 14.0. The fourth-order valence-electron chi connectivity index (χ4n) is 2.55. The van der Waals surface area contributed by atoms with Crippen molar-refractivity contribution in [2.45, 2.75) is 32.6 Å². The molecule has 0 heterocycles. The van der Waals surface area contributed by atoms with Gasteiger partial charge in [-0.05, 0) is 56.0 Å². The van der Waals surface area contributed by atoms with Crippen LogP contribution in [0, 0.1) is 12.3 Å². The van der Waals surface area contributed by atoms with E-state index >= 15 is 0 Å². The Hall–Kier alpha value is -0.380. The molecule has 18 heavy (non-hydrogen) atoms. The lowest BCUT2D eigenvalue weighted by molar-refractivity contribution is 0.0451. The summed E-state index contributed by atoms with van der Waals surface area (Å²) in [5, 5.41) is 12.9. The summed E-state index contributed by atoms with van der Waals surface area (Å²) in [6, 6.07) is 6.43. The molecule has 0 spiro atoms. The smallest absolute Gasteiger partial charge is 0.0499 e. The molecule has 0 unspecified atom stereocenters. The third-order valence-corrected chi connectivity index (χ3v) is 4.63. The van der Waals surface area contributed by atoms with E-state index in [9.17, 15) is 5.11 Å². The van der Waals surface area contributed by atoms with Crippen LogP contribution in [0.25, 0.3) is 0 Å². The highest BCUT2D eigenvalue weighted by atomic mass is 79.9. The topological polar surface area (TPSA) is 32.3 Å². The van der Waals surface area contributed by atoms with Crippen LogP contribution in [0.1, 0.15) is 30.4 Å². The third kappa shape index (κ3) is 3.34. The minimum absolute atomic E-state index is 0.187. The van der Waals surface area contributed by atoms with Gasteiger partial charge >= 0.3 is 0 Å². The average molecular weight is 312 g/mol. The molecule has 0 bridgehead atoms. The number of benzene rings is 1. The molecule has 2 N–H and O–H groups in total. The molecule has 1 aliphatic carbocycles. The molecule has 2 nitrogen and oxygen atoms in total. The number of hydrogen-bond acceptors (Lipinski definition) is 2. The summed E-state index contributed by atoms with van der Waals surface area (Å²) in [6.45, 7) is 4.43. The molecule has 0 atom stereocenters. The van der Waals surface area contributed by atoms with E-state index in [0.29, 0.717) is 6.61 Å². The van der Waals surface area contributed by atoms with E-state index in [0.717, 1.165) is 24.0 Å². The van der Waals surface area contributed by atoms with E-state index in [1.54, 1.807) is 0 Å². The summed E-state index contributed by atoms with van der Waals surface area (Å²) in [6.07, 6.45) is 4.67. The Morgan fingerprint density at radius 1 is 1.39 bits per heavy atom. The second kappa shape index (κ2) is 6.18. The highest BCUT2D eigenvalue weighted by Gasteiger charge is 2.35. The Bertz CT molecular complexity index is 396. The van der Waals surface area contributed by atoms with Gasteiger partial charge in [-0.3, -0.25) is 0 Å². The van der Waals surface area contributed by atoms with Crippen LogP contribution in [-0.4, -0.2) is 24.8 Å². The Morgan fingerprint density at radius 3 is 2.78 bits per heavy atom. The van der Waals surface area contributed by atoms with Crippen molar-refractivity contribution in [2.75, 3.05) is 19.7 Å². The molecular weight excluding hydrogens is 290 g/mol. The van der Waals surface area contributed by atoms with Crippen LogP contribution in [0.15, 0.2) is 22.7 Å². The van der Waals surface area contributed by atoms with Crippen molar-refractivity contribution in [2.24, 2.45) is 5.41 Å². The molecule has 0 saturated heterocycles. The first-order valence-electron chi connectivity index (χ1n) is 6.72. The first-order valence-corrected chi connectivity index (χ1v) is 7.51. The van der Waals surface area contributed by atoms with Gasteiger partial charge in [0.05, 0.1) is 0 Å². The Kier molecular flexibility index (Phi) is 4.82. The maximum absolute atomic E-state index is 9.39. The van der Waals surface area contributed by atoms with Gasteiger partial charge in [0.15, 0.2) is 0 Å². The molecule has 1 aromatic rings. The summed E-state index contributed by atoms with van der Waals surface area (Å²) in [5.74, 6) is 0. The summed E-state index contributed by atoms with van der Waals surface area (Å²) in [4.78, 5) is 0. The van der Waals surface area contributed by atoms with Gasteiger partial charge in [-0.1, -0.05) is 28.4 Å². The molecule has 1 aromatic carbocycles. The van der Waals surface area contributed by atoms with Crippen molar-refractivity contribution >= 4 is 15.9 Å². The summed E-state index contributed by atoms with van der Waals surface area (Å²) < 4.78 is 1.15. The van der Waals surface area contributed by atoms with E-state index < -0.39 is 0 Å². The quantitative estimate of drug-likeness (QED) is 0.791. The van der Waals surface area contributed by atoms with E-state index in [-0.39, 0.29) is 5.41 Å². The van der Waals surface area contributed by atoms with Gasteiger partial charge in [0.1, 0.15) is 0 Å². The molecule has 3 heteroatoms. The van der Waals surface area contributed by atoms with Crippen LogP contribution >= 0.6 is 15.9 Å². The molecule has 1 aliphatic rings. The van der Waals surface area contributed by atoms with Crippen molar-refractivity contribution in [1.29, 1.82) is 0 Å². The Morgan fingerprint density at radius 2 is 2.17 bits per heavy atom. The maximum atomic E-state index is 9.39. The lowest BCUT2D eigenvalue weighted by atomic mass is 9.69. The molecular formula is C15H22BrNO. The zero-order valence-corrected chi connectivity index (χ0v) is 12.6. The van der Waals surface area contributed by atoms with Crippen molar-refractivity contribution in [1.82, 2.24) is 5.32 Å². The van der Waals surface area contributed by atoms with Crippen LogP contribution in [0.4, 0.5) is 0 Å². The largest absolute Gasteiger partial charge is 0.396 e. The molecule has 0 radical (unpaired) electrons. The SMILES string of the molecule is Cc1ccc(Br)cc1CCNCC1(CO)CCC1. The highest BCUT2D eigenvalue weighted by Crippen LogP contribution is 2.39.